The summed E-state index contributed by atoms with van der Waals surface area (Å²) in [7, 11) is 1.39. The second-order valence-electron chi connectivity index (χ2n) is 14.7. The molecule has 0 saturated carbocycles. The normalized spacial score (nSPS) is 17.5. The van der Waals surface area contributed by atoms with E-state index in [1.807, 2.05) is 12.1 Å². The number of ketones is 1. The van der Waals surface area contributed by atoms with E-state index in [-0.39, 0.29) is 46.9 Å². The minimum atomic E-state index is -1.44. The molecule has 0 radical (unpaired) electrons. The molecule has 0 saturated heterocycles. The Morgan fingerprint density at radius 1 is 0.850 bits per heavy atom. The van der Waals surface area contributed by atoms with E-state index >= 15 is 0 Å². The first-order chi connectivity index (χ1) is 28.6. The molecule has 4 aromatic carbocycles. The van der Waals surface area contributed by atoms with Gasteiger partial charge in [0.05, 0.1) is 11.9 Å². The van der Waals surface area contributed by atoms with Crippen LogP contribution in [0.1, 0.15) is 60.6 Å². The molecule has 316 valence electrons. The molecule has 4 bridgehead atoms. The standard InChI is InChI=1S/C44H48Cl2N6O8/c1-24(38(55)23-45)48-42(58)35-21-26-7-17-36(53)32(20-26)33-22-30(14-18-37(33)54)39(43(59)49-25(2)40(56)51-35)52(3)44(60)34(6-4-5-19-47)50-41(57)29-10-8-27(9-11-29)28-12-15-31(46)16-13-28/h7-18,20,22,24-25,34-35,39,53-54H,4-6,19,21,23,47H2,1-3H3,(H,48,58)(H,49,59)(H,50,57)(H,51,56)/t24-,25-,34-,35-,39-/m0/s1. The summed E-state index contributed by atoms with van der Waals surface area (Å²) in [5.41, 5.74) is 8.73. The highest BCUT2D eigenvalue weighted by atomic mass is 35.5. The van der Waals surface area contributed by atoms with Crippen molar-refractivity contribution in [1.82, 2.24) is 26.2 Å². The summed E-state index contributed by atoms with van der Waals surface area (Å²) in [5.74, 6) is -4.70. The maximum absolute atomic E-state index is 14.5. The van der Waals surface area contributed by atoms with E-state index in [1.54, 1.807) is 42.5 Å². The topological polar surface area (TPSA) is 220 Å². The van der Waals surface area contributed by atoms with Crippen molar-refractivity contribution in [2.75, 3.05) is 19.5 Å². The molecule has 0 fully saturated rings. The Kier molecular flexibility index (Phi) is 15.3. The second-order valence-corrected chi connectivity index (χ2v) is 15.4. The number of likely N-dealkylation sites (N-methyl/N-ethyl adjacent to an activating group) is 1. The number of benzene rings is 4. The zero-order valence-corrected chi connectivity index (χ0v) is 34.8. The lowest BCUT2D eigenvalue weighted by Gasteiger charge is -2.32. The molecule has 60 heavy (non-hydrogen) atoms. The number of carbonyl (C=O) groups excluding carboxylic acids is 6. The molecule has 14 nitrogen and oxygen atoms in total. The van der Waals surface area contributed by atoms with E-state index in [2.05, 4.69) is 21.3 Å². The second kappa shape index (κ2) is 20.3. The third-order valence-corrected chi connectivity index (χ3v) is 10.9. The first kappa shape index (κ1) is 45.1. The molecular formula is C44H48Cl2N6O8. The first-order valence-electron chi connectivity index (χ1n) is 19.4. The molecule has 0 unspecified atom stereocenters. The average Bonchev–Trinajstić information content (AvgIpc) is 3.23. The molecule has 1 aliphatic rings. The Labute approximate surface area is 357 Å². The van der Waals surface area contributed by atoms with E-state index in [0.717, 1.165) is 16.0 Å². The molecular weight excluding hydrogens is 811 g/mol. The molecule has 1 aliphatic heterocycles. The number of alkyl halides is 1. The molecule has 0 aromatic heterocycles. The van der Waals surface area contributed by atoms with Crippen LogP contribution in [0.25, 0.3) is 22.3 Å². The van der Waals surface area contributed by atoms with Gasteiger partial charge in [0.2, 0.25) is 23.6 Å². The number of hydrogen-bond donors (Lipinski definition) is 7. The number of hydrogen-bond acceptors (Lipinski definition) is 9. The van der Waals surface area contributed by atoms with Crippen LogP contribution in [0, 0.1) is 0 Å². The number of phenols is 2. The largest absolute Gasteiger partial charge is 0.507 e. The highest BCUT2D eigenvalue weighted by Crippen LogP contribution is 2.39. The number of Topliss-reactive ketones (excluding diaryl/α,β-unsaturated/α-hetero) is 1. The quantitative estimate of drug-likeness (QED) is 0.0749. The Balaban J connectivity index is 1.49. The molecule has 4 aromatic rings. The first-order valence-corrected chi connectivity index (χ1v) is 20.3. The van der Waals surface area contributed by atoms with Crippen LogP contribution in [-0.2, 0) is 30.4 Å². The van der Waals surface area contributed by atoms with Gasteiger partial charge in [-0.15, -0.1) is 11.6 Å². The lowest BCUT2D eigenvalue weighted by molar-refractivity contribution is -0.141. The predicted molar refractivity (Wildman–Crippen MR) is 228 cm³/mol. The predicted octanol–water partition coefficient (Wildman–Crippen LogP) is 4.37. The van der Waals surface area contributed by atoms with Gasteiger partial charge < -0.3 is 42.1 Å². The SMILES string of the molecule is C[C@H](NC(=O)[C@@H]1Cc2ccc(O)c(c2)-c2cc(ccc2O)[C@H](N(C)C(=O)[C@H](CCCCN)NC(=O)c2ccc(-c3ccc(Cl)cc3)cc2)C(=O)N[C@@H](C)C(=O)N1)C(=O)CCl. The molecule has 5 rings (SSSR count). The van der Waals surface area contributed by atoms with Gasteiger partial charge >= 0.3 is 0 Å². The molecule has 0 aliphatic carbocycles. The van der Waals surface area contributed by atoms with Gasteiger partial charge in [-0.1, -0.05) is 48.0 Å². The third-order valence-electron chi connectivity index (χ3n) is 10.3. The van der Waals surface area contributed by atoms with Gasteiger partial charge in [-0.05, 0) is 110 Å². The van der Waals surface area contributed by atoms with Crippen molar-refractivity contribution in [3.8, 4) is 33.8 Å². The Hall–Kier alpha value is -5.96. The van der Waals surface area contributed by atoms with Gasteiger partial charge in [-0.25, -0.2) is 0 Å². The van der Waals surface area contributed by atoms with E-state index in [9.17, 15) is 39.0 Å². The summed E-state index contributed by atoms with van der Waals surface area (Å²) in [6, 6.07) is 16.7. The smallest absolute Gasteiger partial charge is 0.251 e. The van der Waals surface area contributed by atoms with Crippen molar-refractivity contribution >= 4 is 58.5 Å². The fourth-order valence-corrected chi connectivity index (χ4v) is 7.20. The van der Waals surface area contributed by atoms with E-state index < -0.39 is 65.5 Å². The number of carbonyl (C=O) groups is 6. The molecule has 5 amide bonds. The number of unbranched alkanes of at least 4 members (excludes halogenated alkanes) is 1. The van der Waals surface area contributed by atoms with Crippen molar-refractivity contribution < 1.29 is 39.0 Å². The van der Waals surface area contributed by atoms with Crippen LogP contribution in [0.2, 0.25) is 5.02 Å². The van der Waals surface area contributed by atoms with Crippen LogP contribution >= 0.6 is 23.2 Å². The molecule has 16 heteroatoms. The van der Waals surface area contributed by atoms with Crippen molar-refractivity contribution in [1.29, 1.82) is 0 Å². The van der Waals surface area contributed by atoms with Crippen molar-refractivity contribution in [3.63, 3.8) is 0 Å². The zero-order valence-electron chi connectivity index (χ0n) is 33.3. The van der Waals surface area contributed by atoms with Crippen LogP contribution in [0.4, 0.5) is 0 Å². The van der Waals surface area contributed by atoms with Crippen LogP contribution in [0.15, 0.2) is 84.9 Å². The Morgan fingerprint density at radius 2 is 1.47 bits per heavy atom. The zero-order chi connectivity index (χ0) is 43.7. The minimum absolute atomic E-state index is 0.0998. The summed E-state index contributed by atoms with van der Waals surface area (Å²) in [6.45, 7) is 3.21. The van der Waals surface area contributed by atoms with Crippen molar-refractivity contribution in [3.05, 3.63) is 107 Å². The summed E-state index contributed by atoms with van der Waals surface area (Å²) in [6.07, 6.45) is 1.11. The van der Waals surface area contributed by atoms with Gasteiger partial charge in [0.1, 0.15) is 35.7 Å². The van der Waals surface area contributed by atoms with Gasteiger partial charge in [0.15, 0.2) is 5.78 Å². The summed E-state index contributed by atoms with van der Waals surface area (Å²) >= 11 is 11.7. The van der Waals surface area contributed by atoms with Gasteiger partial charge in [-0.3, -0.25) is 28.8 Å². The number of nitrogens with zero attached hydrogens (tertiary/aromatic N) is 1. The van der Waals surface area contributed by atoms with Crippen LogP contribution < -0.4 is 27.0 Å². The van der Waals surface area contributed by atoms with Crippen LogP contribution in [0.3, 0.4) is 0 Å². The monoisotopic (exact) mass is 858 g/mol. The maximum Gasteiger partial charge on any atom is 0.251 e. The summed E-state index contributed by atoms with van der Waals surface area (Å²) in [5, 5.41) is 33.4. The molecule has 0 spiro atoms. The third kappa shape index (κ3) is 11.0. The van der Waals surface area contributed by atoms with E-state index in [1.165, 1.54) is 51.2 Å². The van der Waals surface area contributed by atoms with Crippen molar-refractivity contribution in [2.24, 2.45) is 5.73 Å². The number of phenolic OH excluding ortho intramolecular Hbond substituents is 2. The van der Waals surface area contributed by atoms with Crippen molar-refractivity contribution in [2.45, 2.75) is 69.7 Å². The average molecular weight is 860 g/mol. The van der Waals surface area contributed by atoms with Gasteiger partial charge in [0.25, 0.3) is 5.91 Å². The highest BCUT2D eigenvalue weighted by molar-refractivity contribution is 6.30. The van der Waals surface area contributed by atoms with Gasteiger partial charge in [0, 0.05) is 35.2 Å². The molecule has 5 atom stereocenters. The lowest BCUT2D eigenvalue weighted by atomic mass is 9.93. The Bertz CT molecular complexity index is 2240. The van der Waals surface area contributed by atoms with Crippen LogP contribution in [0.5, 0.6) is 11.5 Å². The minimum Gasteiger partial charge on any atom is -0.507 e. The highest BCUT2D eigenvalue weighted by Gasteiger charge is 2.36. The fraction of sp³-hybridized carbons (Fsp3) is 0.318. The van der Waals surface area contributed by atoms with E-state index in [4.69, 9.17) is 28.9 Å². The lowest BCUT2D eigenvalue weighted by Crippen LogP contribution is -2.57. The molecule has 1 heterocycles. The number of nitrogens with one attached hydrogen (secondary N) is 4. The van der Waals surface area contributed by atoms with Crippen LogP contribution in [-0.4, -0.2) is 94.1 Å². The maximum atomic E-state index is 14.5. The number of amides is 5. The fourth-order valence-electron chi connectivity index (χ4n) is 6.85. The number of halogens is 2. The molecule has 8 N–H and O–H groups in total. The Morgan fingerprint density at radius 3 is 2.10 bits per heavy atom. The van der Waals surface area contributed by atoms with E-state index in [0.29, 0.717) is 35.5 Å². The van der Waals surface area contributed by atoms with Gasteiger partial charge in [-0.2, -0.15) is 0 Å². The summed E-state index contributed by atoms with van der Waals surface area (Å²) in [4.78, 5) is 83.0. The number of nitrogens with two attached hydrogens (primary N) is 1. The number of rotatable bonds is 13. The summed E-state index contributed by atoms with van der Waals surface area (Å²) < 4.78 is 0. The number of fused-ring (bicyclic) bond motifs is 5. The number of aromatic hydroxyl groups is 2.